The molecule has 0 aliphatic heterocycles. The van der Waals surface area contributed by atoms with Crippen molar-refractivity contribution in [1.82, 2.24) is 0 Å². The molecular weight excluding hydrogens is 927 g/mol. The van der Waals surface area contributed by atoms with E-state index >= 15 is 0 Å². The molecule has 0 aliphatic carbocycles. The van der Waals surface area contributed by atoms with E-state index in [9.17, 15) is 0 Å². The molecule has 0 atom stereocenters. The smallest absolute Gasteiger partial charge is 0.0307 e. The number of benzene rings is 8. The van der Waals surface area contributed by atoms with Gasteiger partial charge in [-0.3, -0.25) is 0 Å². The quantitative estimate of drug-likeness (QED) is 0.0946. The molecule has 0 fully saturated rings. The summed E-state index contributed by atoms with van der Waals surface area (Å²) in [5.74, 6) is 0. The van der Waals surface area contributed by atoms with Gasteiger partial charge in [-0.25, -0.2) is 0 Å². The molecule has 0 nitrogen and oxygen atoms in total. The van der Waals surface area contributed by atoms with E-state index in [4.69, 9.17) is 0 Å². The fourth-order valence-electron chi connectivity index (χ4n) is 8.94. The van der Waals surface area contributed by atoms with Crippen molar-refractivity contribution >= 4 is 52.6 Å². The molecule has 0 aliphatic rings. The van der Waals surface area contributed by atoms with Gasteiger partial charge in [0, 0.05) is 35.4 Å². The second-order valence-corrected chi connectivity index (χ2v) is 17.2. The largest absolute Gasteiger partial charge is 0.164 e. The molecule has 0 bridgehead atoms. The summed E-state index contributed by atoms with van der Waals surface area (Å²) < 4.78 is 0. The van der Waals surface area contributed by atoms with Crippen LogP contribution in [0.2, 0.25) is 13.1 Å². The van der Waals surface area contributed by atoms with Gasteiger partial charge in [-0.1, -0.05) is 209 Å². The van der Waals surface area contributed by atoms with Gasteiger partial charge in [0.05, 0.1) is 0 Å². The summed E-state index contributed by atoms with van der Waals surface area (Å²) in [6.07, 6.45) is 7.29. The number of unbranched alkanes of at least 4 members (excludes halogenated alkanes) is 2. The first kappa shape index (κ1) is 44.6. The average molecular weight is 984 g/mol. The van der Waals surface area contributed by atoms with Gasteiger partial charge in [0.25, 0.3) is 0 Å². The minimum atomic E-state index is 0. The number of rotatable bonds is 10. The fraction of sp³-hybridized carbons (Fsp3) is 0.167. The Bertz CT molecular complexity index is 2800. The Morgan fingerprint density at radius 3 is 1.02 bits per heavy atom. The van der Waals surface area contributed by atoms with E-state index in [2.05, 4.69) is 221 Å². The van der Waals surface area contributed by atoms with Gasteiger partial charge >= 0.3 is 0 Å². The van der Waals surface area contributed by atoms with E-state index in [1.54, 1.807) is 0 Å². The first-order valence-corrected chi connectivity index (χ1v) is 24.2. The zero-order chi connectivity index (χ0) is 42.0. The molecule has 0 saturated carbocycles. The van der Waals surface area contributed by atoms with E-state index in [1.807, 2.05) is 0 Å². The Morgan fingerprint density at radius 2 is 0.645 bits per heavy atom. The van der Waals surface area contributed by atoms with Crippen LogP contribution >= 0.6 is 0 Å². The molecule has 62 heavy (non-hydrogen) atoms. The summed E-state index contributed by atoms with van der Waals surface area (Å²) >= 11 is 0. The predicted molar refractivity (Wildman–Crippen MR) is 271 cm³/mol. The van der Waals surface area contributed by atoms with Crippen LogP contribution in [-0.4, -0.2) is 9.52 Å². The third kappa shape index (κ3) is 9.78. The van der Waals surface area contributed by atoms with Crippen LogP contribution in [0.5, 0.6) is 0 Å². The maximum Gasteiger partial charge on any atom is 0.0307 e. The van der Waals surface area contributed by atoms with Gasteiger partial charge in [-0.05, 0) is 67.8 Å². The molecule has 10 aromatic rings. The minimum Gasteiger partial charge on any atom is -0.164 e. The molecule has 2 heteroatoms. The first-order chi connectivity index (χ1) is 30.1. The zero-order valence-corrected chi connectivity index (χ0v) is 41.3. The summed E-state index contributed by atoms with van der Waals surface area (Å²) in [4.78, 5) is 0. The zero-order valence-electron chi connectivity index (χ0n) is 36.7. The van der Waals surface area contributed by atoms with Crippen molar-refractivity contribution < 1.29 is 25.8 Å². The average Bonchev–Trinajstić information content (AvgIpc) is 3.94. The van der Waals surface area contributed by atoms with Crippen LogP contribution in [0.1, 0.15) is 50.7 Å². The van der Waals surface area contributed by atoms with Crippen LogP contribution in [0.3, 0.4) is 0 Å². The standard InChI is InChI=1S/2C29H25.C2H6Si.Hf/c2*1-2-3-10-21-19-23-13-9-18-28(29(23)20-21)27-16-7-6-15-26(27)25-17-8-12-22-11-4-5-14-24(22)25;1-3-2;/h2*4-9,11-20H,2-3,10H2,1H3;1-2H3;/q2*-1;;. The van der Waals surface area contributed by atoms with E-state index < -0.39 is 0 Å². The van der Waals surface area contributed by atoms with Crippen molar-refractivity contribution in [1.29, 1.82) is 0 Å². The molecule has 0 unspecified atom stereocenters. The van der Waals surface area contributed by atoms with Gasteiger partial charge in [0.15, 0.2) is 0 Å². The molecule has 0 heterocycles. The van der Waals surface area contributed by atoms with Crippen molar-refractivity contribution in [3.63, 3.8) is 0 Å². The van der Waals surface area contributed by atoms with Gasteiger partial charge in [-0.2, -0.15) is 12.1 Å². The molecule has 0 saturated heterocycles. The summed E-state index contributed by atoms with van der Waals surface area (Å²) in [6.45, 7) is 8.82. The SMILES string of the molecule is CCCCc1cc2c(-c3ccccc3-c3cccc4ccccc34)cccc2[cH-]1.CCCCc1cc2c(-c3ccccc3-c3cccc4ccccc34)cccc2[cH-]1.C[Si]C.[Hf]. The van der Waals surface area contributed by atoms with Crippen LogP contribution in [0.15, 0.2) is 194 Å². The van der Waals surface area contributed by atoms with E-state index in [-0.39, 0.29) is 25.8 Å². The third-order valence-electron chi connectivity index (χ3n) is 11.9. The van der Waals surface area contributed by atoms with Crippen molar-refractivity contribution in [2.75, 3.05) is 0 Å². The van der Waals surface area contributed by atoms with Crippen LogP contribution in [0, 0.1) is 0 Å². The van der Waals surface area contributed by atoms with Crippen molar-refractivity contribution in [3.05, 3.63) is 205 Å². The molecule has 10 rings (SSSR count). The van der Waals surface area contributed by atoms with Gasteiger partial charge in [0.1, 0.15) is 0 Å². The molecule has 0 amide bonds. The van der Waals surface area contributed by atoms with Crippen molar-refractivity contribution in [2.45, 2.75) is 65.5 Å². The van der Waals surface area contributed by atoms with Crippen LogP contribution in [-0.2, 0) is 38.7 Å². The first-order valence-electron chi connectivity index (χ1n) is 22.2. The van der Waals surface area contributed by atoms with E-state index in [0.717, 1.165) is 22.4 Å². The topological polar surface area (TPSA) is 0 Å². The Kier molecular flexibility index (Phi) is 15.5. The van der Waals surface area contributed by atoms with Crippen molar-refractivity contribution in [2.24, 2.45) is 0 Å². The number of hydrogen-bond acceptors (Lipinski definition) is 0. The number of aryl methyl sites for hydroxylation is 2. The van der Waals surface area contributed by atoms with Crippen molar-refractivity contribution in [3.8, 4) is 44.5 Å². The Hall–Kier alpha value is -5.41. The molecule has 10 aromatic carbocycles. The summed E-state index contributed by atoms with van der Waals surface area (Å²) in [5, 5.41) is 10.6. The summed E-state index contributed by atoms with van der Waals surface area (Å²) in [6, 6.07) is 71.2. The molecule has 0 aromatic heterocycles. The Morgan fingerprint density at radius 1 is 0.355 bits per heavy atom. The minimum absolute atomic E-state index is 0. The molecule has 2 radical (unpaired) electrons. The maximum absolute atomic E-state index is 2.40. The predicted octanol–water partition coefficient (Wildman–Crippen LogP) is 17.6. The van der Waals surface area contributed by atoms with Gasteiger partial charge in [0.2, 0.25) is 0 Å². The molecular formula is C60H56HfSi-2. The second kappa shape index (κ2) is 21.6. The summed E-state index contributed by atoms with van der Waals surface area (Å²) in [5.41, 5.74) is 13.4. The molecule has 306 valence electrons. The Balaban J connectivity index is 0.000000173. The monoisotopic (exact) mass is 984 g/mol. The number of hydrogen-bond donors (Lipinski definition) is 0. The van der Waals surface area contributed by atoms with Crippen LogP contribution in [0.4, 0.5) is 0 Å². The normalized spacial score (nSPS) is 10.9. The second-order valence-electron chi connectivity index (χ2n) is 16.2. The van der Waals surface area contributed by atoms with Gasteiger partial charge < -0.3 is 0 Å². The van der Waals surface area contributed by atoms with Crippen LogP contribution in [0.25, 0.3) is 87.6 Å². The maximum atomic E-state index is 2.40. The molecule has 0 spiro atoms. The third-order valence-corrected chi connectivity index (χ3v) is 11.9. The van der Waals surface area contributed by atoms with E-state index in [1.165, 1.54) is 124 Å². The van der Waals surface area contributed by atoms with Crippen LogP contribution < -0.4 is 0 Å². The van der Waals surface area contributed by atoms with E-state index in [0.29, 0.717) is 0 Å². The fourth-order valence-corrected chi connectivity index (χ4v) is 8.94. The summed E-state index contributed by atoms with van der Waals surface area (Å²) in [7, 11) is 1.08. The number of fused-ring (bicyclic) bond motifs is 4. The van der Waals surface area contributed by atoms with Gasteiger partial charge in [-0.15, -0.1) is 69.1 Å². The Labute approximate surface area is 391 Å². The molecule has 0 N–H and O–H groups in total.